The van der Waals surface area contributed by atoms with E-state index in [1.807, 2.05) is 0 Å². The van der Waals surface area contributed by atoms with Gasteiger partial charge in [-0.15, -0.1) is 0 Å². The van der Waals surface area contributed by atoms with E-state index in [-0.39, 0.29) is 24.9 Å². The van der Waals surface area contributed by atoms with E-state index in [1.165, 1.54) is 16.9 Å². The number of halogens is 1. The molecule has 34 heavy (non-hydrogen) atoms. The monoisotopic (exact) mass is 486 g/mol. The minimum atomic E-state index is -0.554. The maximum Gasteiger partial charge on any atom is 0.327 e. The number of piperidine rings is 1. The SMILES string of the molecule is COc1ccc(NC(=O)CN2C(=O)N(Cc3ccc(Cl)cc3)C(=O)C3NCCCC32)c(OC)c1. The summed E-state index contributed by atoms with van der Waals surface area (Å²) in [7, 11) is 3.04. The molecule has 0 aromatic heterocycles. The highest BCUT2D eigenvalue weighted by molar-refractivity contribution is 6.30. The molecule has 2 aromatic rings. The molecule has 2 aromatic carbocycles. The second-order valence-electron chi connectivity index (χ2n) is 8.22. The Hall–Kier alpha value is -3.30. The molecule has 0 spiro atoms. The average molecular weight is 487 g/mol. The molecule has 0 bridgehead atoms. The first kappa shape index (κ1) is 23.8. The van der Waals surface area contributed by atoms with Crippen LogP contribution in [0.2, 0.25) is 5.02 Å². The molecule has 2 heterocycles. The van der Waals surface area contributed by atoms with Crippen LogP contribution >= 0.6 is 11.6 Å². The molecule has 180 valence electrons. The van der Waals surface area contributed by atoms with Crippen LogP contribution in [0.4, 0.5) is 10.5 Å². The smallest absolute Gasteiger partial charge is 0.327 e. The lowest BCUT2D eigenvalue weighted by molar-refractivity contribution is -0.138. The number of imide groups is 1. The Bertz CT molecular complexity index is 1080. The summed E-state index contributed by atoms with van der Waals surface area (Å²) in [4.78, 5) is 42.2. The quantitative estimate of drug-likeness (QED) is 0.624. The van der Waals surface area contributed by atoms with E-state index in [0.29, 0.717) is 35.2 Å². The van der Waals surface area contributed by atoms with Crippen molar-refractivity contribution in [1.82, 2.24) is 15.1 Å². The largest absolute Gasteiger partial charge is 0.497 e. The van der Waals surface area contributed by atoms with Crippen LogP contribution in [0.5, 0.6) is 11.5 Å². The summed E-state index contributed by atoms with van der Waals surface area (Å²) in [6.07, 6.45) is 1.45. The Morgan fingerprint density at radius 2 is 1.91 bits per heavy atom. The van der Waals surface area contributed by atoms with Gasteiger partial charge in [-0.2, -0.15) is 0 Å². The lowest BCUT2D eigenvalue weighted by Gasteiger charge is -2.46. The molecule has 2 saturated heterocycles. The van der Waals surface area contributed by atoms with E-state index < -0.39 is 18.1 Å². The summed E-state index contributed by atoms with van der Waals surface area (Å²) in [6, 6.07) is 10.6. The van der Waals surface area contributed by atoms with Crippen LogP contribution in [0, 0.1) is 0 Å². The number of carbonyl (C=O) groups excluding carboxylic acids is 3. The highest BCUT2D eigenvalue weighted by Crippen LogP contribution is 2.30. The van der Waals surface area contributed by atoms with E-state index in [2.05, 4.69) is 10.6 Å². The van der Waals surface area contributed by atoms with Crippen molar-refractivity contribution in [2.45, 2.75) is 31.5 Å². The molecule has 2 fully saturated rings. The number of hydrogen-bond donors (Lipinski definition) is 2. The number of rotatable bonds is 7. The Kier molecular flexibility index (Phi) is 7.23. The molecule has 2 aliphatic heterocycles. The zero-order chi connectivity index (χ0) is 24.2. The van der Waals surface area contributed by atoms with E-state index in [4.69, 9.17) is 21.1 Å². The third-order valence-corrected chi connectivity index (χ3v) is 6.34. The van der Waals surface area contributed by atoms with Crippen molar-refractivity contribution in [1.29, 1.82) is 0 Å². The summed E-state index contributed by atoms with van der Waals surface area (Å²) in [5, 5.41) is 6.61. The van der Waals surface area contributed by atoms with E-state index in [9.17, 15) is 14.4 Å². The highest BCUT2D eigenvalue weighted by Gasteiger charge is 2.47. The summed E-state index contributed by atoms with van der Waals surface area (Å²) in [5.41, 5.74) is 1.23. The number of amides is 4. The number of anilines is 1. The molecule has 4 amide bonds. The van der Waals surface area contributed by atoms with Gasteiger partial charge >= 0.3 is 6.03 Å². The Morgan fingerprint density at radius 1 is 1.15 bits per heavy atom. The second-order valence-corrected chi connectivity index (χ2v) is 8.65. The summed E-state index contributed by atoms with van der Waals surface area (Å²) < 4.78 is 10.5. The molecule has 2 atom stereocenters. The standard InChI is InChI=1S/C24H27ClN4O5/c1-33-17-9-10-18(20(12-17)34-2)27-21(30)14-28-19-4-3-11-26-22(19)23(31)29(24(28)32)13-15-5-7-16(25)8-6-15/h5-10,12,19,22,26H,3-4,11,13-14H2,1-2H3,(H,27,30). The molecule has 0 saturated carbocycles. The predicted octanol–water partition coefficient (Wildman–Crippen LogP) is 2.88. The fourth-order valence-electron chi connectivity index (χ4n) is 4.37. The van der Waals surface area contributed by atoms with Gasteiger partial charge in [0.2, 0.25) is 11.8 Å². The minimum absolute atomic E-state index is 0.101. The Morgan fingerprint density at radius 3 is 2.62 bits per heavy atom. The number of fused-ring (bicyclic) bond motifs is 1. The van der Waals surface area contributed by atoms with Gasteiger partial charge in [-0.05, 0) is 49.2 Å². The first-order valence-corrected chi connectivity index (χ1v) is 11.4. The van der Waals surface area contributed by atoms with Crippen LogP contribution in [0.15, 0.2) is 42.5 Å². The minimum Gasteiger partial charge on any atom is -0.497 e. The van der Waals surface area contributed by atoms with Crippen molar-refractivity contribution >= 4 is 35.1 Å². The molecule has 2 unspecified atom stereocenters. The average Bonchev–Trinajstić information content (AvgIpc) is 2.85. The van der Waals surface area contributed by atoms with Crippen molar-refractivity contribution in [2.75, 3.05) is 32.6 Å². The molecular weight excluding hydrogens is 460 g/mol. The molecule has 10 heteroatoms. The molecule has 4 rings (SSSR count). The third-order valence-electron chi connectivity index (χ3n) is 6.09. The topological polar surface area (TPSA) is 100 Å². The maximum atomic E-state index is 13.4. The number of carbonyl (C=O) groups is 3. The number of benzene rings is 2. The van der Waals surface area contributed by atoms with Crippen LogP contribution in [-0.4, -0.2) is 67.0 Å². The second kappa shape index (κ2) is 10.3. The zero-order valence-corrected chi connectivity index (χ0v) is 19.8. The van der Waals surface area contributed by atoms with Crippen molar-refractivity contribution in [3.8, 4) is 11.5 Å². The number of ether oxygens (including phenoxy) is 2. The Labute approximate surface area is 202 Å². The molecular formula is C24H27ClN4O5. The maximum absolute atomic E-state index is 13.4. The van der Waals surface area contributed by atoms with Crippen LogP contribution in [0.3, 0.4) is 0 Å². The van der Waals surface area contributed by atoms with Gasteiger partial charge in [0.05, 0.1) is 32.5 Å². The number of nitrogens with one attached hydrogen (secondary N) is 2. The van der Waals surface area contributed by atoms with Gasteiger partial charge in [-0.3, -0.25) is 14.5 Å². The lowest BCUT2D eigenvalue weighted by Crippen LogP contribution is -2.70. The van der Waals surface area contributed by atoms with Crippen molar-refractivity contribution in [2.24, 2.45) is 0 Å². The molecule has 2 N–H and O–H groups in total. The molecule has 2 aliphatic rings. The number of urea groups is 1. The van der Waals surface area contributed by atoms with Gasteiger partial charge in [0.25, 0.3) is 0 Å². The van der Waals surface area contributed by atoms with Gasteiger partial charge in [0.15, 0.2) is 0 Å². The third kappa shape index (κ3) is 4.95. The fourth-order valence-corrected chi connectivity index (χ4v) is 4.49. The van der Waals surface area contributed by atoms with E-state index in [1.54, 1.807) is 49.6 Å². The van der Waals surface area contributed by atoms with Gasteiger partial charge in [-0.1, -0.05) is 23.7 Å². The van der Waals surface area contributed by atoms with Crippen LogP contribution in [0.25, 0.3) is 0 Å². The molecule has 0 aliphatic carbocycles. The first-order valence-electron chi connectivity index (χ1n) is 11.0. The normalized spacial score (nSPS) is 20.1. The molecule has 0 radical (unpaired) electrons. The summed E-state index contributed by atoms with van der Waals surface area (Å²) in [6.45, 7) is 0.588. The van der Waals surface area contributed by atoms with Crippen LogP contribution in [0.1, 0.15) is 18.4 Å². The van der Waals surface area contributed by atoms with Gasteiger partial charge in [0.1, 0.15) is 24.1 Å². The summed E-state index contributed by atoms with van der Waals surface area (Å²) >= 11 is 5.96. The Balaban J connectivity index is 1.54. The van der Waals surface area contributed by atoms with Gasteiger partial charge in [-0.25, -0.2) is 4.79 Å². The molecule has 9 nitrogen and oxygen atoms in total. The van der Waals surface area contributed by atoms with Gasteiger partial charge < -0.3 is 25.0 Å². The van der Waals surface area contributed by atoms with E-state index >= 15 is 0 Å². The van der Waals surface area contributed by atoms with E-state index in [0.717, 1.165) is 12.0 Å². The van der Waals surface area contributed by atoms with Crippen molar-refractivity contribution < 1.29 is 23.9 Å². The van der Waals surface area contributed by atoms with Crippen LogP contribution in [-0.2, 0) is 16.1 Å². The first-order chi connectivity index (χ1) is 16.4. The predicted molar refractivity (Wildman–Crippen MR) is 127 cm³/mol. The number of hydrogen-bond acceptors (Lipinski definition) is 6. The van der Waals surface area contributed by atoms with Gasteiger partial charge in [0, 0.05) is 11.1 Å². The van der Waals surface area contributed by atoms with Crippen molar-refractivity contribution in [3.63, 3.8) is 0 Å². The lowest BCUT2D eigenvalue weighted by atomic mass is 9.93. The van der Waals surface area contributed by atoms with Crippen LogP contribution < -0.4 is 20.1 Å². The summed E-state index contributed by atoms with van der Waals surface area (Å²) in [5.74, 6) is 0.364. The number of nitrogens with zero attached hydrogens (tertiary/aromatic N) is 2. The highest BCUT2D eigenvalue weighted by atomic mass is 35.5. The van der Waals surface area contributed by atoms with Crippen molar-refractivity contribution in [3.05, 3.63) is 53.1 Å². The fraction of sp³-hybridized carbons (Fsp3) is 0.375. The number of methoxy groups -OCH3 is 2. The zero-order valence-electron chi connectivity index (χ0n) is 19.0.